The van der Waals surface area contributed by atoms with E-state index in [1.807, 2.05) is 103 Å². The molecular weight excluding hydrogens is 1100 g/mol. The maximum atomic E-state index is 15.4. The molecule has 90 heavy (non-hydrogen) atoms. The first-order valence-electron chi connectivity index (χ1n) is 30.4. The molecule has 2 atom stereocenters. The van der Waals surface area contributed by atoms with Gasteiger partial charge < -0.3 is 18.8 Å². The van der Waals surface area contributed by atoms with Crippen molar-refractivity contribution in [1.82, 2.24) is 0 Å². The van der Waals surface area contributed by atoms with Crippen molar-refractivity contribution >= 4 is 51.2 Å². The van der Waals surface area contributed by atoms with E-state index in [1.165, 1.54) is 16.7 Å². The summed E-state index contributed by atoms with van der Waals surface area (Å²) in [6.45, 7) is 10.0. The van der Waals surface area contributed by atoms with Crippen LogP contribution < -0.4 is 14.4 Å². The summed E-state index contributed by atoms with van der Waals surface area (Å²) in [4.78, 5) is 2.41. The summed E-state index contributed by atoms with van der Waals surface area (Å²) in [6.07, 6.45) is 3.66. The van der Waals surface area contributed by atoms with Gasteiger partial charge >= 0.3 is 0 Å². The average Bonchev–Trinajstić information content (AvgIpc) is 1.53. The summed E-state index contributed by atoms with van der Waals surface area (Å²) in [5.41, 5.74) is 21.7. The zero-order chi connectivity index (χ0) is 60.5. The van der Waals surface area contributed by atoms with E-state index in [0.717, 1.165) is 134 Å². The molecule has 14 aromatic rings. The molecule has 0 amide bonds. The quantitative estimate of drug-likeness (QED) is 0.109. The van der Waals surface area contributed by atoms with E-state index in [-0.39, 0.29) is 5.82 Å². The highest BCUT2D eigenvalue weighted by atomic mass is 19.1. The van der Waals surface area contributed by atoms with Crippen molar-refractivity contribution in [1.29, 1.82) is 0 Å². The maximum Gasteiger partial charge on any atom is 0.136 e. The van der Waals surface area contributed by atoms with E-state index in [9.17, 15) is 0 Å². The Morgan fingerprint density at radius 3 is 1.27 bits per heavy atom. The number of halogens is 1. The van der Waals surface area contributed by atoms with Crippen LogP contribution in [0, 0.1) is 12.7 Å². The van der Waals surface area contributed by atoms with Crippen LogP contribution in [0.1, 0.15) is 61.2 Å². The van der Waals surface area contributed by atoms with E-state index in [2.05, 4.69) is 219 Å². The van der Waals surface area contributed by atoms with Gasteiger partial charge in [-0.3, -0.25) is 0 Å². The fourth-order valence-electron chi connectivity index (χ4n) is 14.3. The number of nitrogens with zero attached hydrogens (tertiary/aromatic N) is 1. The van der Waals surface area contributed by atoms with Gasteiger partial charge in [0.25, 0.3) is 0 Å². The van der Waals surface area contributed by atoms with Crippen molar-refractivity contribution in [2.75, 3.05) is 4.90 Å². The van der Waals surface area contributed by atoms with E-state index < -0.39 is 10.8 Å². The summed E-state index contributed by atoms with van der Waals surface area (Å²) in [7, 11) is 0. The summed E-state index contributed by atoms with van der Waals surface area (Å²) in [5, 5.41) is 2.16. The van der Waals surface area contributed by atoms with Crippen LogP contribution in [0.4, 0.5) is 21.5 Å². The van der Waals surface area contributed by atoms with Crippen molar-refractivity contribution in [3.8, 4) is 56.4 Å². The Morgan fingerprint density at radius 2 is 0.767 bits per heavy atom. The van der Waals surface area contributed by atoms with Gasteiger partial charge in [0.05, 0.1) is 10.8 Å². The van der Waals surface area contributed by atoms with Gasteiger partial charge in [0.1, 0.15) is 40.0 Å². The van der Waals surface area contributed by atoms with Crippen LogP contribution in [-0.4, -0.2) is 0 Å². The van der Waals surface area contributed by atoms with Gasteiger partial charge in [-0.05, 0) is 205 Å². The third-order valence-electron chi connectivity index (χ3n) is 18.5. The molecule has 0 spiro atoms. The molecular formula is C85H58FNO3. The van der Waals surface area contributed by atoms with Gasteiger partial charge in [-0.1, -0.05) is 219 Å². The molecule has 2 aliphatic rings. The topological polar surface area (TPSA) is 34.8 Å². The lowest BCUT2D eigenvalue weighted by Gasteiger charge is -2.36. The monoisotopic (exact) mass is 1160 g/mol. The van der Waals surface area contributed by atoms with E-state index in [1.54, 1.807) is 12.1 Å². The third kappa shape index (κ3) is 8.72. The molecule has 0 saturated carbocycles. The smallest absolute Gasteiger partial charge is 0.136 e. The summed E-state index contributed by atoms with van der Waals surface area (Å²) in [5.74, 6) is 2.62. The predicted molar refractivity (Wildman–Crippen MR) is 366 cm³/mol. The standard InChI is InChI=1S/C85H58FNO3/c1-4-56-23-43-67(44-24-56)88-69-47-33-61(34-48-69)84(59-29-21-55(3)22-30-59)77-17-9-6-13-72(77)74-51-41-65(53-79(74)84)87(64-39-27-58(28-40-64)71-16-12-20-82-83(71)76-15-8-11-19-81(76)90-82)66-42-52-75-73-14-7-10-18-78(73)85(80(75)54-66,60-31-37-63(86)38-32-60)62-35-49-70(50-36-62)89-68-45-25-57(5-2)26-46-68/h4-54H,1-2H2,3H3. The molecule has 1 heterocycles. The first-order chi connectivity index (χ1) is 44.3. The van der Waals surface area contributed by atoms with Crippen LogP contribution in [0.2, 0.25) is 0 Å². The number of para-hydroxylation sites is 1. The Labute approximate surface area is 523 Å². The van der Waals surface area contributed by atoms with Gasteiger partial charge in [0.15, 0.2) is 0 Å². The molecule has 2 unspecified atom stereocenters. The summed E-state index contributed by atoms with van der Waals surface area (Å²) < 4.78 is 34.7. The van der Waals surface area contributed by atoms with Crippen molar-refractivity contribution in [2.24, 2.45) is 0 Å². The zero-order valence-corrected chi connectivity index (χ0v) is 49.4. The first-order valence-corrected chi connectivity index (χ1v) is 30.4. The average molecular weight is 1160 g/mol. The molecule has 16 rings (SSSR count). The van der Waals surface area contributed by atoms with Gasteiger partial charge in [0, 0.05) is 27.8 Å². The van der Waals surface area contributed by atoms with Crippen LogP contribution in [0.15, 0.2) is 315 Å². The van der Waals surface area contributed by atoms with Crippen molar-refractivity contribution in [3.63, 3.8) is 0 Å². The lowest BCUT2D eigenvalue weighted by Crippen LogP contribution is -2.29. The minimum atomic E-state index is -0.882. The Kier molecular flexibility index (Phi) is 13.0. The van der Waals surface area contributed by atoms with E-state index >= 15 is 4.39 Å². The number of fused-ring (bicyclic) bond motifs is 9. The minimum Gasteiger partial charge on any atom is -0.457 e. The molecule has 0 fully saturated rings. The molecule has 0 saturated heterocycles. The molecule has 2 aliphatic carbocycles. The van der Waals surface area contributed by atoms with E-state index in [4.69, 9.17) is 13.9 Å². The Balaban J connectivity index is 0.905. The first kappa shape index (κ1) is 53.9. The second kappa shape index (κ2) is 21.7. The molecule has 1 aromatic heterocycles. The van der Waals surface area contributed by atoms with Crippen LogP contribution in [0.5, 0.6) is 23.0 Å². The fourth-order valence-corrected chi connectivity index (χ4v) is 14.3. The number of aryl methyl sites for hydroxylation is 1. The molecule has 4 nitrogen and oxygen atoms in total. The highest BCUT2D eigenvalue weighted by Gasteiger charge is 2.48. The van der Waals surface area contributed by atoms with Crippen LogP contribution in [0.3, 0.4) is 0 Å². The Hall–Kier alpha value is -11.5. The fraction of sp³-hybridized carbons (Fsp3) is 0.0353. The Morgan fingerprint density at radius 1 is 0.367 bits per heavy atom. The maximum absolute atomic E-state index is 15.4. The molecule has 0 aliphatic heterocycles. The number of hydrogen-bond donors (Lipinski definition) is 0. The number of hydrogen-bond acceptors (Lipinski definition) is 4. The zero-order valence-electron chi connectivity index (χ0n) is 49.4. The van der Waals surface area contributed by atoms with Gasteiger partial charge in [-0.2, -0.15) is 0 Å². The Bertz CT molecular complexity index is 4840. The summed E-state index contributed by atoms with van der Waals surface area (Å²) >= 11 is 0. The van der Waals surface area contributed by atoms with Gasteiger partial charge in [-0.25, -0.2) is 4.39 Å². The number of rotatable bonds is 14. The number of ether oxygens (including phenoxy) is 2. The lowest BCUT2D eigenvalue weighted by atomic mass is 9.67. The molecule has 0 bridgehead atoms. The van der Waals surface area contributed by atoms with Crippen molar-refractivity contribution < 1.29 is 18.3 Å². The summed E-state index contributed by atoms with van der Waals surface area (Å²) in [6, 6.07) is 104. The molecule has 428 valence electrons. The largest absolute Gasteiger partial charge is 0.457 e. The van der Waals surface area contributed by atoms with Crippen molar-refractivity contribution in [3.05, 3.63) is 377 Å². The highest BCUT2D eigenvalue weighted by molar-refractivity contribution is 6.12. The number of benzene rings is 13. The minimum absolute atomic E-state index is 0.299. The van der Waals surface area contributed by atoms with Gasteiger partial charge in [0.2, 0.25) is 0 Å². The normalized spacial score (nSPS) is 15.2. The van der Waals surface area contributed by atoms with Crippen LogP contribution in [-0.2, 0) is 10.8 Å². The number of anilines is 3. The lowest BCUT2D eigenvalue weighted by molar-refractivity contribution is 0.482. The second-order valence-corrected chi connectivity index (χ2v) is 23.4. The van der Waals surface area contributed by atoms with Crippen LogP contribution in [0.25, 0.3) is 67.5 Å². The second-order valence-electron chi connectivity index (χ2n) is 23.4. The predicted octanol–water partition coefficient (Wildman–Crippen LogP) is 22.8. The molecule has 0 N–H and O–H groups in total. The molecule has 5 heteroatoms. The van der Waals surface area contributed by atoms with Crippen LogP contribution >= 0.6 is 0 Å². The third-order valence-corrected chi connectivity index (χ3v) is 18.5. The van der Waals surface area contributed by atoms with Crippen molar-refractivity contribution in [2.45, 2.75) is 17.8 Å². The number of furan rings is 1. The SMILES string of the molecule is C=Cc1ccc(Oc2ccc(C3(c4ccc(C)cc4)c4ccccc4-c4ccc(N(c5ccc(-c6cccc7oc8ccccc8c67)cc5)c5ccc6c(c5)C(c5ccc(F)cc5)(c5ccc(Oc7ccc(C=C)cc7)cc5)c5ccccc5-6)cc43)cc2)cc1. The highest BCUT2D eigenvalue weighted by Crippen LogP contribution is 2.60. The van der Waals surface area contributed by atoms with E-state index in [0.29, 0.717) is 5.75 Å². The molecule has 0 radical (unpaired) electrons. The van der Waals surface area contributed by atoms with Gasteiger partial charge in [-0.15, -0.1) is 0 Å². The molecule has 13 aromatic carbocycles.